The van der Waals surface area contributed by atoms with E-state index >= 15 is 0 Å². The first-order chi connectivity index (χ1) is 10.7. The Morgan fingerprint density at radius 1 is 1.30 bits per heavy atom. The zero-order valence-corrected chi connectivity index (χ0v) is 13.8. The summed E-state index contributed by atoms with van der Waals surface area (Å²) in [5.74, 6) is 0.647. The number of hydrogen-bond donors (Lipinski definition) is 2. The van der Waals surface area contributed by atoms with Gasteiger partial charge in [-0.2, -0.15) is 0 Å². The molecule has 3 N–H and O–H groups in total. The Balaban J connectivity index is 0.00000192. The van der Waals surface area contributed by atoms with E-state index in [2.05, 4.69) is 22.4 Å². The number of carbonyl (C=O) groups excluding carboxylic acids is 1. The molecular weight excluding hydrogens is 312 g/mol. The van der Waals surface area contributed by atoms with Crippen molar-refractivity contribution >= 4 is 24.3 Å². The number of carbonyl (C=O) groups is 1. The smallest absolute Gasteiger partial charge is 0.229 e. The number of rotatable bonds is 4. The molecule has 2 aromatic rings. The van der Waals surface area contributed by atoms with Gasteiger partial charge in [0.2, 0.25) is 11.9 Å². The molecule has 0 bridgehead atoms. The molecule has 6 heteroatoms. The molecule has 1 aromatic heterocycles. The van der Waals surface area contributed by atoms with E-state index in [9.17, 15) is 4.79 Å². The molecule has 2 atom stereocenters. The molecule has 0 radical (unpaired) electrons. The molecular formula is C17H23ClN4O. The Labute approximate surface area is 142 Å². The summed E-state index contributed by atoms with van der Waals surface area (Å²) in [7, 11) is 0. The zero-order valence-electron chi connectivity index (χ0n) is 13.0. The van der Waals surface area contributed by atoms with Crippen LogP contribution in [0.2, 0.25) is 0 Å². The van der Waals surface area contributed by atoms with Gasteiger partial charge in [-0.15, -0.1) is 12.4 Å². The van der Waals surface area contributed by atoms with Crippen LogP contribution in [-0.2, 0) is 11.3 Å². The van der Waals surface area contributed by atoms with Gasteiger partial charge in [0.25, 0.3) is 0 Å². The van der Waals surface area contributed by atoms with Gasteiger partial charge in [0, 0.05) is 24.4 Å². The van der Waals surface area contributed by atoms with E-state index in [4.69, 9.17) is 5.73 Å². The molecule has 0 spiro atoms. The molecule has 1 heterocycles. The van der Waals surface area contributed by atoms with Gasteiger partial charge < -0.3 is 10.3 Å². The maximum Gasteiger partial charge on any atom is 0.229 e. The van der Waals surface area contributed by atoms with Gasteiger partial charge in [-0.1, -0.05) is 36.8 Å². The Morgan fingerprint density at radius 3 is 2.83 bits per heavy atom. The molecule has 1 aliphatic rings. The number of imidazole rings is 1. The number of amides is 1. The van der Waals surface area contributed by atoms with Crippen LogP contribution in [0.3, 0.4) is 0 Å². The molecule has 3 rings (SSSR count). The van der Waals surface area contributed by atoms with Crippen molar-refractivity contribution in [1.29, 1.82) is 0 Å². The lowest BCUT2D eigenvalue weighted by Gasteiger charge is -2.25. The molecule has 1 aliphatic carbocycles. The van der Waals surface area contributed by atoms with Crippen molar-refractivity contribution < 1.29 is 4.79 Å². The second kappa shape index (κ2) is 8.13. The highest BCUT2D eigenvalue weighted by molar-refractivity contribution is 5.91. The summed E-state index contributed by atoms with van der Waals surface area (Å²) >= 11 is 0. The lowest BCUT2D eigenvalue weighted by atomic mass is 9.85. The predicted molar refractivity (Wildman–Crippen MR) is 93.6 cm³/mol. The van der Waals surface area contributed by atoms with Gasteiger partial charge in [0.05, 0.1) is 6.54 Å². The topological polar surface area (TPSA) is 72.9 Å². The van der Waals surface area contributed by atoms with Crippen molar-refractivity contribution in [2.75, 3.05) is 5.32 Å². The highest BCUT2D eigenvalue weighted by Gasteiger charge is 2.26. The fraction of sp³-hybridized carbons (Fsp3) is 0.412. The van der Waals surface area contributed by atoms with Gasteiger partial charge in [-0.25, -0.2) is 4.98 Å². The van der Waals surface area contributed by atoms with Gasteiger partial charge in [0.15, 0.2) is 0 Å². The van der Waals surface area contributed by atoms with Crippen molar-refractivity contribution in [2.24, 2.45) is 11.7 Å². The third-order valence-electron chi connectivity index (χ3n) is 4.23. The second-order valence-electron chi connectivity index (χ2n) is 5.98. The van der Waals surface area contributed by atoms with Gasteiger partial charge in [0.1, 0.15) is 0 Å². The van der Waals surface area contributed by atoms with Crippen molar-refractivity contribution in [2.45, 2.75) is 38.3 Å². The van der Waals surface area contributed by atoms with E-state index in [1.165, 1.54) is 5.56 Å². The van der Waals surface area contributed by atoms with Crippen molar-refractivity contribution in [3.05, 3.63) is 48.3 Å². The molecule has 0 saturated heterocycles. The summed E-state index contributed by atoms with van der Waals surface area (Å²) in [6.45, 7) is 0.695. The second-order valence-corrected chi connectivity index (χ2v) is 5.98. The number of aromatic nitrogens is 2. The predicted octanol–water partition coefficient (Wildman–Crippen LogP) is 2.81. The van der Waals surface area contributed by atoms with Crippen LogP contribution in [0.15, 0.2) is 42.7 Å². The van der Waals surface area contributed by atoms with Crippen molar-refractivity contribution in [1.82, 2.24) is 9.55 Å². The first-order valence-corrected chi connectivity index (χ1v) is 7.84. The number of hydrogen-bond acceptors (Lipinski definition) is 3. The minimum absolute atomic E-state index is 0. The van der Waals surface area contributed by atoms with E-state index in [0.717, 1.165) is 25.7 Å². The fourth-order valence-electron chi connectivity index (χ4n) is 3.02. The number of benzene rings is 1. The summed E-state index contributed by atoms with van der Waals surface area (Å²) < 4.78 is 1.95. The van der Waals surface area contributed by atoms with Gasteiger partial charge in [-0.3, -0.25) is 10.1 Å². The normalized spacial score (nSPS) is 20.6. The Bertz CT molecular complexity index is 629. The first kappa shape index (κ1) is 17.5. The van der Waals surface area contributed by atoms with Crippen LogP contribution in [0.25, 0.3) is 0 Å². The maximum absolute atomic E-state index is 12.4. The van der Waals surface area contributed by atoms with E-state index in [0.29, 0.717) is 12.5 Å². The largest absolute Gasteiger partial charge is 0.328 e. The van der Waals surface area contributed by atoms with Crippen molar-refractivity contribution in [3.8, 4) is 0 Å². The van der Waals surface area contributed by atoms with Crippen LogP contribution in [0.5, 0.6) is 0 Å². The van der Waals surface area contributed by atoms with Crippen molar-refractivity contribution in [3.63, 3.8) is 0 Å². The minimum atomic E-state index is 0. The average Bonchev–Trinajstić information content (AvgIpc) is 2.95. The van der Waals surface area contributed by atoms with Crippen LogP contribution in [0.1, 0.15) is 31.2 Å². The van der Waals surface area contributed by atoms with Crippen LogP contribution in [0.4, 0.5) is 5.95 Å². The molecule has 2 unspecified atom stereocenters. The molecule has 23 heavy (non-hydrogen) atoms. The Kier molecular flexibility index (Phi) is 6.19. The van der Waals surface area contributed by atoms with Crippen LogP contribution >= 0.6 is 12.4 Å². The highest BCUT2D eigenvalue weighted by Crippen LogP contribution is 2.24. The third-order valence-corrected chi connectivity index (χ3v) is 4.23. The fourth-order valence-corrected chi connectivity index (χ4v) is 3.02. The third kappa shape index (κ3) is 4.56. The molecule has 1 saturated carbocycles. The first-order valence-electron chi connectivity index (χ1n) is 7.84. The number of anilines is 1. The van der Waals surface area contributed by atoms with E-state index in [-0.39, 0.29) is 30.3 Å². The number of nitrogens with one attached hydrogen (secondary N) is 1. The quantitative estimate of drug-likeness (QED) is 0.903. The van der Waals surface area contributed by atoms with Gasteiger partial charge >= 0.3 is 0 Å². The van der Waals surface area contributed by atoms with E-state index < -0.39 is 0 Å². The van der Waals surface area contributed by atoms with Crippen LogP contribution in [-0.4, -0.2) is 21.5 Å². The molecule has 124 valence electrons. The summed E-state index contributed by atoms with van der Waals surface area (Å²) in [5, 5.41) is 2.96. The summed E-state index contributed by atoms with van der Waals surface area (Å²) in [4.78, 5) is 16.7. The lowest BCUT2D eigenvalue weighted by molar-refractivity contribution is -0.121. The maximum atomic E-state index is 12.4. The molecule has 1 fully saturated rings. The highest BCUT2D eigenvalue weighted by atomic mass is 35.5. The molecule has 5 nitrogen and oxygen atoms in total. The Hall–Kier alpha value is -1.85. The molecule has 1 amide bonds. The Morgan fingerprint density at radius 2 is 2.09 bits per heavy atom. The number of nitrogens with two attached hydrogens (primary N) is 1. The summed E-state index contributed by atoms with van der Waals surface area (Å²) in [6.07, 6.45) is 7.33. The zero-order chi connectivity index (χ0) is 15.4. The van der Waals surface area contributed by atoms with E-state index in [1.807, 2.05) is 29.0 Å². The van der Waals surface area contributed by atoms with E-state index in [1.54, 1.807) is 6.20 Å². The number of nitrogens with zero attached hydrogens (tertiary/aromatic N) is 2. The lowest BCUT2D eigenvalue weighted by Crippen LogP contribution is -2.34. The van der Waals surface area contributed by atoms with Crippen LogP contribution < -0.4 is 11.1 Å². The standard InChI is InChI=1S/C17H22N4O.ClH/c18-15-8-4-7-14(11-15)16(22)20-17-19-9-10-21(17)12-13-5-2-1-3-6-13;/h1-3,5-6,9-10,14-15H,4,7-8,11-12,18H2,(H,19,20,22);1H. The molecule has 1 aromatic carbocycles. The minimum Gasteiger partial charge on any atom is -0.328 e. The summed E-state index contributed by atoms with van der Waals surface area (Å²) in [5.41, 5.74) is 7.14. The number of halogens is 1. The summed E-state index contributed by atoms with van der Waals surface area (Å²) in [6, 6.07) is 10.3. The monoisotopic (exact) mass is 334 g/mol. The van der Waals surface area contributed by atoms with Crippen LogP contribution in [0, 0.1) is 5.92 Å². The average molecular weight is 335 g/mol. The SMILES string of the molecule is Cl.NC1CCCC(C(=O)Nc2nccn2Cc2ccccc2)C1. The molecule has 0 aliphatic heterocycles. The van der Waals surface area contributed by atoms with Gasteiger partial charge in [-0.05, 0) is 24.8 Å².